The SMILES string of the molecule is CCOC(=O)/C=C/c1nnn(C)n1. The van der Waals surface area contributed by atoms with Gasteiger partial charge in [0.25, 0.3) is 0 Å². The minimum absolute atomic E-state index is 0.358. The van der Waals surface area contributed by atoms with Gasteiger partial charge < -0.3 is 4.74 Å². The van der Waals surface area contributed by atoms with Gasteiger partial charge >= 0.3 is 5.97 Å². The second-order valence-corrected chi connectivity index (χ2v) is 2.22. The molecular weight excluding hydrogens is 172 g/mol. The van der Waals surface area contributed by atoms with Gasteiger partial charge in [-0.15, -0.1) is 10.2 Å². The fourth-order valence-corrected chi connectivity index (χ4v) is 0.698. The Kier molecular flexibility index (Phi) is 3.13. The fourth-order valence-electron chi connectivity index (χ4n) is 0.698. The second-order valence-electron chi connectivity index (χ2n) is 2.22. The predicted octanol–water partition coefficient (Wildman–Crippen LogP) is -0.214. The monoisotopic (exact) mass is 182 g/mol. The molecule has 13 heavy (non-hydrogen) atoms. The number of tetrazole rings is 1. The van der Waals surface area contributed by atoms with Crippen LogP contribution < -0.4 is 0 Å². The van der Waals surface area contributed by atoms with Crippen LogP contribution in [0.3, 0.4) is 0 Å². The van der Waals surface area contributed by atoms with E-state index in [2.05, 4.69) is 20.1 Å². The van der Waals surface area contributed by atoms with Gasteiger partial charge in [0, 0.05) is 6.08 Å². The van der Waals surface area contributed by atoms with Crippen molar-refractivity contribution in [2.24, 2.45) is 7.05 Å². The van der Waals surface area contributed by atoms with Gasteiger partial charge in [0.1, 0.15) is 0 Å². The van der Waals surface area contributed by atoms with Crippen LogP contribution in [-0.4, -0.2) is 32.8 Å². The van der Waals surface area contributed by atoms with Crippen molar-refractivity contribution in [2.75, 3.05) is 6.61 Å². The van der Waals surface area contributed by atoms with Gasteiger partial charge in [0.15, 0.2) is 5.82 Å². The first-order valence-electron chi connectivity index (χ1n) is 3.81. The molecule has 0 N–H and O–H groups in total. The Morgan fingerprint density at radius 1 is 1.69 bits per heavy atom. The van der Waals surface area contributed by atoms with E-state index >= 15 is 0 Å². The van der Waals surface area contributed by atoms with Crippen molar-refractivity contribution in [1.29, 1.82) is 0 Å². The van der Waals surface area contributed by atoms with E-state index in [9.17, 15) is 4.79 Å². The highest BCUT2D eigenvalue weighted by atomic mass is 16.5. The number of rotatable bonds is 3. The Bertz CT molecular complexity index is 318. The lowest BCUT2D eigenvalue weighted by molar-refractivity contribution is -0.137. The molecule has 1 heterocycles. The molecule has 0 atom stereocenters. The van der Waals surface area contributed by atoms with Gasteiger partial charge in [-0.05, 0) is 18.2 Å². The molecule has 0 aliphatic carbocycles. The number of nitrogens with zero attached hydrogens (tertiary/aromatic N) is 4. The van der Waals surface area contributed by atoms with Gasteiger partial charge in [-0.3, -0.25) is 0 Å². The molecule has 1 aromatic rings. The summed E-state index contributed by atoms with van der Waals surface area (Å²) in [4.78, 5) is 12.1. The fraction of sp³-hybridized carbons (Fsp3) is 0.429. The highest BCUT2D eigenvalue weighted by Gasteiger charge is 1.97. The van der Waals surface area contributed by atoms with Crippen LogP contribution in [-0.2, 0) is 16.6 Å². The zero-order chi connectivity index (χ0) is 9.68. The zero-order valence-corrected chi connectivity index (χ0v) is 7.47. The van der Waals surface area contributed by atoms with Crippen LogP contribution in [0.2, 0.25) is 0 Å². The summed E-state index contributed by atoms with van der Waals surface area (Å²) in [6, 6.07) is 0. The normalized spacial score (nSPS) is 10.6. The topological polar surface area (TPSA) is 69.9 Å². The minimum atomic E-state index is -0.407. The molecule has 70 valence electrons. The molecule has 0 unspecified atom stereocenters. The van der Waals surface area contributed by atoms with E-state index in [1.165, 1.54) is 16.9 Å². The molecule has 6 heteroatoms. The van der Waals surface area contributed by atoms with Crippen molar-refractivity contribution in [3.63, 3.8) is 0 Å². The molecule has 0 radical (unpaired) electrons. The van der Waals surface area contributed by atoms with Crippen molar-refractivity contribution < 1.29 is 9.53 Å². The van der Waals surface area contributed by atoms with E-state index in [1.54, 1.807) is 14.0 Å². The predicted molar refractivity (Wildman–Crippen MR) is 44.5 cm³/mol. The molecule has 0 saturated heterocycles. The van der Waals surface area contributed by atoms with Crippen LogP contribution in [0.5, 0.6) is 0 Å². The molecule has 0 aliphatic heterocycles. The lowest BCUT2D eigenvalue weighted by Gasteiger charge is -1.92. The first-order valence-corrected chi connectivity index (χ1v) is 3.81. The Balaban J connectivity index is 2.53. The third kappa shape index (κ3) is 3.02. The first kappa shape index (κ1) is 9.37. The molecule has 6 nitrogen and oxygen atoms in total. The van der Waals surface area contributed by atoms with Gasteiger partial charge in [0.2, 0.25) is 0 Å². The number of carbonyl (C=O) groups is 1. The highest BCUT2D eigenvalue weighted by molar-refractivity contribution is 5.86. The van der Waals surface area contributed by atoms with E-state index in [4.69, 9.17) is 0 Å². The van der Waals surface area contributed by atoms with Gasteiger partial charge in [-0.1, -0.05) is 0 Å². The highest BCUT2D eigenvalue weighted by Crippen LogP contribution is 1.90. The van der Waals surface area contributed by atoms with Crippen molar-refractivity contribution in [3.05, 3.63) is 11.9 Å². The molecule has 0 amide bonds. The summed E-state index contributed by atoms with van der Waals surface area (Å²) in [6.45, 7) is 2.10. The summed E-state index contributed by atoms with van der Waals surface area (Å²) in [7, 11) is 1.65. The molecule has 0 aliphatic rings. The summed E-state index contributed by atoms with van der Waals surface area (Å²) in [5.74, 6) is -0.0227. The number of aromatic nitrogens is 4. The summed E-state index contributed by atoms with van der Waals surface area (Å²) < 4.78 is 4.66. The Morgan fingerprint density at radius 3 is 3.00 bits per heavy atom. The number of hydrogen-bond acceptors (Lipinski definition) is 5. The van der Waals surface area contributed by atoms with Crippen LogP contribution in [0, 0.1) is 0 Å². The number of ether oxygens (including phenoxy) is 1. The van der Waals surface area contributed by atoms with Crippen LogP contribution in [0.1, 0.15) is 12.7 Å². The average molecular weight is 182 g/mol. The largest absolute Gasteiger partial charge is 0.463 e. The van der Waals surface area contributed by atoms with Crippen molar-refractivity contribution in [2.45, 2.75) is 6.92 Å². The van der Waals surface area contributed by atoms with Crippen molar-refractivity contribution in [1.82, 2.24) is 20.2 Å². The maximum absolute atomic E-state index is 10.8. The van der Waals surface area contributed by atoms with Crippen LogP contribution in [0.4, 0.5) is 0 Å². The molecule has 0 fully saturated rings. The molecule has 0 saturated carbocycles. The summed E-state index contributed by atoms with van der Waals surface area (Å²) in [6.07, 6.45) is 2.71. The van der Waals surface area contributed by atoms with Gasteiger partial charge in [-0.25, -0.2) is 4.79 Å². The maximum atomic E-state index is 10.8. The lowest BCUT2D eigenvalue weighted by atomic mass is 10.5. The van der Waals surface area contributed by atoms with E-state index in [-0.39, 0.29) is 0 Å². The molecule has 1 aromatic heterocycles. The minimum Gasteiger partial charge on any atom is -0.463 e. The average Bonchev–Trinajstić information content (AvgIpc) is 2.49. The summed E-state index contributed by atoms with van der Waals surface area (Å²) >= 11 is 0. The summed E-state index contributed by atoms with van der Waals surface area (Å²) in [5, 5.41) is 11.1. The van der Waals surface area contributed by atoms with Gasteiger partial charge in [-0.2, -0.15) is 4.80 Å². The third-order valence-electron chi connectivity index (χ3n) is 1.18. The number of hydrogen-bond donors (Lipinski definition) is 0. The number of aryl methyl sites for hydroxylation is 1. The standard InChI is InChI=1S/C7H10N4O2/c1-3-13-7(12)5-4-6-8-10-11(2)9-6/h4-5H,3H2,1-2H3/b5-4+. The number of esters is 1. The molecule has 0 bridgehead atoms. The zero-order valence-electron chi connectivity index (χ0n) is 7.47. The van der Waals surface area contributed by atoms with Crippen LogP contribution in [0.15, 0.2) is 6.08 Å². The van der Waals surface area contributed by atoms with E-state index in [0.29, 0.717) is 12.4 Å². The quantitative estimate of drug-likeness (QED) is 0.477. The van der Waals surface area contributed by atoms with E-state index in [0.717, 1.165) is 0 Å². The third-order valence-corrected chi connectivity index (χ3v) is 1.18. The summed E-state index contributed by atoms with van der Waals surface area (Å²) in [5.41, 5.74) is 0. The Morgan fingerprint density at radius 2 is 2.46 bits per heavy atom. The number of carbonyl (C=O) groups excluding carboxylic acids is 1. The first-order chi connectivity index (χ1) is 6.22. The van der Waals surface area contributed by atoms with E-state index in [1.807, 2.05) is 0 Å². The van der Waals surface area contributed by atoms with Crippen molar-refractivity contribution in [3.8, 4) is 0 Å². The second kappa shape index (κ2) is 4.34. The molecular formula is C7H10N4O2. The maximum Gasteiger partial charge on any atom is 0.330 e. The Labute approximate surface area is 75.2 Å². The lowest BCUT2D eigenvalue weighted by Crippen LogP contribution is -1.98. The molecule has 1 rings (SSSR count). The smallest absolute Gasteiger partial charge is 0.330 e. The van der Waals surface area contributed by atoms with Crippen LogP contribution >= 0.6 is 0 Å². The molecule has 0 spiro atoms. The Hall–Kier alpha value is -1.72. The van der Waals surface area contributed by atoms with Gasteiger partial charge in [0.05, 0.1) is 13.7 Å². The molecule has 0 aromatic carbocycles. The van der Waals surface area contributed by atoms with Crippen LogP contribution in [0.25, 0.3) is 6.08 Å². The van der Waals surface area contributed by atoms with E-state index < -0.39 is 5.97 Å². The van der Waals surface area contributed by atoms with Crippen molar-refractivity contribution >= 4 is 12.0 Å².